The second-order valence-electron chi connectivity index (χ2n) is 3.41. The predicted octanol–water partition coefficient (Wildman–Crippen LogP) is -0.708. The number of carbonyl (C=O) groups is 1. The van der Waals surface area contributed by atoms with Crippen molar-refractivity contribution in [2.24, 2.45) is 0 Å². The second-order valence-corrected chi connectivity index (χ2v) is 3.41. The zero-order valence-electron chi connectivity index (χ0n) is 8.74. The normalized spacial score (nSPS) is 10.0. The first-order chi connectivity index (χ1) is 7.91. The molecule has 0 aliphatic rings. The van der Waals surface area contributed by atoms with Gasteiger partial charge in [0.25, 0.3) is 5.69 Å². The van der Waals surface area contributed by atoms with E-state index < -0.39 is 18.0 Å². The van der Waals surface area contributed by atoms with Gasteiger partial charge in [0.15, 0.2) is 0 Å². The van der Waals surface area contributed by atoms with E-state index in [-0.39, 0.29) is 29.6 Å². The summed E-state index contributed by atoms with van der Waals surface area (Å²) in [6, 6.07) is 3.67. The average molecular weight is 239 g/mol. The van der Waals surface area contributed by atoms with Gasteiger partial charge in [-0.05, 0) is 11.9 Å². The Hall–Kier alpha value is -1.93. The molecule has 17 heavy (non-hydrogen) atoms. The third-order valence-electron chi connectivity index (χ3n) is 2.21. The molecule has 0 aromatic heterocycles. The van der Waals surface area contributed by atoms with Crippen molar-refractivity contribution in [3.8, 4) is 0 Å². The molecule has 0 spiro atoms. The summed E-state index contributed by atoms with van der Waals surface area (Å²) in [5.74, 6) is -1.05. The second kappa shape index (κ2) is 5.42. The van der Waals surface area contributed by atoms with Crippen LogP contribution in [-0.4, -0.2) is 33.2 Å². The molecule has 0 aliphatic carbocycles. The Balaban J connectivity index is 3.04. The summed E-state index contributed by atoms with van der Waals surface area (Å²) in [6.07, 6.45) is -0.199. The lowest BCUT2D eigenvalue weighted by Crippen LogP contribution is -2.30. The molecular formula is C9H10BNO6. The van der Waals surface area contributed by atoms with Crippen molar-refractivity contribution in [3.63, 3.8) is 0 Å². The summed E-state index contributed by atoms with van der Waals surface area (Å²) in [5, 5.41) is 37.0. The molecule has 7 nitrogen and oxygen atoms in total. The minimum atomic E-state index is -1.79. The van der Waals surface area contributed by atoms with Crippen molar-refractivity contribution in [3.05, 3.63) is 33.9 Å². The van der Waals surface area contributed by atoms with Gasteiger partial charge in [-0.3, -0.25) is 14.9 Å². The molecule has 0 fully saturated rings. The first kappa shape index (κ1) is 13.1. The molecule has 0 bridgehead atoms. The SMILES string of the molecule is O=C(O)CCc1ccc(B(O)O)cc1[N+](=O)[O-]. The van der Waals surface area contributed by atoms with Gasteiger partial charge in [0.05, 0.1) is 4.92 Å². The number of benzene rings is 1. The van der Waals surface area contributed by atoms with Crippen LogP contribution in [0.15, 0.2) is 18.2 Å². The van der Waals surface area contributed by atoms with Gasteiger partial charge in [0, 0.05) is 18.1 Å². The van der Waals surface area contributed by atoms with Crippen LogP contribution in [0.25, 0.3) is 0 Å². The predicted molar refractivity (Wildman–Crippen MR) is 58.9 cm³/mol. The van der Waals surface area contributed by atoms with Crippen molar-refractivity contribution in [1.29, 1.82) is 0 Å². The number of rotatable bonds is 5. The summed E-state index contributed by atoms with van der Waals surface area (Å²) < 4.78 is 0. The lowest BCUT2D eigenvalue weighted by Gasteiger charge is -2.04. The van der Waals surface area contributed by atoms with Crippen LogP contribution in [0.4, 0.5) is 5.69 Å². The molecule has 8 heteroatoms. The van der Waals surface area contributed by atoms with Gasteiger partial charge in [0.2, 0.25) is 0 Å². The molecule has 0 unspecified atom stereocenters. The number of aliphatic carboxylic acids is 1. The molecule has 3 N–H and O–H groups in total. The molecule has 0 saturated heterocycles. The highest BCUT2D eigenvalue weighted by Gasteiger charge is 2.19. The number of carboxylic acid groups (broad SMARTS) is 1. The highest BCUT2D eigenvalue weighted by Crippen LogP contribution is 2.18. The molecule has 0 radical (unpaired) electrons. The zero-order valence-corrected chi connectivity index (χ0v) is 8.74. The van der Waals surface area contributed by atoms with Crippen LogP contribution in [0.3, 0.4) is 0 Å². The Labute approximate surface area is 96.6 Å². The summed E-state index contributed by atoms with van der Waals surface area (Å²) in [7, 11) is -1.79. The van der Waals surface area contributed by atoms with E-state index in [1.807, 2.05) is 0 Å². The van der Waals surface area contributed by atoms with E-state index in [4.69, 9.17) is 15.2 Å². The Kier molecular flexibility index (Phi) is 4.19. The van der Waals surface area contributed by atoms with Crippen molar-refractivity contribution in [2.45, 2.75) is 12.8 Å². The average Bonchev–Trinajstić information content (AvgIpc) is 2.25. The summed E-state index contributed by atoms with van der Waals surface area (Å²) >= 11 is 0. The number of nitro benzene ring substituents is 1. The lowest BCUT2D eigenvalue weighted by molar-refractivity contribution is -0.385. The van der Waals surface area contributed by atoms with Gasteiger partial charge in [0.1, 0.15) is 0 Å². The lowest BCUT2D eigenvalue weighted by atomic mass is 9.79. The molecule has 90 valence electrons. The van der Waals surface area contributed by atoms with E-state index in [0.29, 0.717) is 0 Å². The van der Waals surface area contributed by atoms with Crippen LogP contribution in [0.5, 0.6) is 0 Å². The molecule has 0 heterocycles. The molecular weight excluding hydrogens is 229 g/mol. The van der Waals surface area contributed by atoms with E-state index in [9.17, 15) is 14.9 Å². The van der Waals surface area contributed by atoms with Gasteiger partial charge in [-0.2, -0.15) is 0 Å². The molecule has 1 rings (SSSR count). The Morgan fingerprint density at radius 2 is 2.06 bits per heavy atom. The fourth-order valence-electron chi connectivity index (χ4n) is 1.36. The van der Waals surface area contributed by atoms with Gasteiger partial charge in [-0.1, -0.05) is 12.1 Å². The van der Waals surface area contributed by atoms with E-state index >= 15 is 0 Å². The monoisotopic (exact) mass is 239 g/mol. The highest BCUT2D eigenvalue weighted by atomic mass is 16.6. The first-order valence-electron chi connectivity index (χ1n) is 4.77. The van der Waals surface area contributed by atoms with Crippen molar-refractivity contribution >= 4 is 24.2 Å². The minimum absolute atomic E-state index is 0.00391. The Bertz CT molecular complexity index is 447. The maximum atomic E-state index is 10.7. The number of hydrogen-bond acceptors (Lipinski definition) is 5. The number of nitro groups is 1. The number of aryl methyl sites for hydroxylation is 1. The zero-order chi connectivity index (χ0) is 13.0. The van der Waals surface area contributed by atoms with Crippen LogP contribution >= 0.6 is 0 Å². The summed E-state index contributed by atoms with van der Waals surface area (Å²) in [6.45, 7) is 0. The fourth-order valence-corrected chi connectivity index (χ4v) is 1.36. The number of carboxylic acids is 1. The molecule has 0 amide bonds. The number of hydrogen-bond donors (Lipinski definition) is 3. The maximum absolute atomic E-state index is 10.7. The topological polar surface area (TPSA) is 121 Å². The molecule has 0 saturated carbocycles. The number of nitrogens with zero attached hydrogens (tertiary/aromatic N) is 1. The van der Waals surface area contributed by atoms with Crippen LogP contribution < -0.4 is 5.46 Å². The van der Waals surface area contributed by atoms with Gasteiger partial charge >= 0.3 is 13.1 Å². The van der Waals surface area contributed by atoms with Crippen LogP contribution in [0, 0.1) is 10.1 Å². The van der Waals surface area contributed by atoms with Crippen molar-refractivity contribution < 1.29 is 24.9 Å². The van der Waals surface area contributed by atoms with E-state index in [1.54, 1.807) is 0 Å². The van der Waals surface area contributed by atoms with Gasteiger partial charge in [-0.15, -0.1) is 0 Å². The van der Waals surface area contributed by atoms with E-state index in [2.05, 4.69) is 0 Å². The largest absolute Gasteiger partial charge is 0.488 e. The fraction of sp³-hybridized carbons (Fsp3) is 0.222. The van der Waals surface area contributed by atoms with Gasteiger partial charge < -0.3 is 15.2 Å². The van der Waals surface area contributed by atoms with Crippen molar-refractivity contribution in [2.75, 3.05) is 0 Å². The van der Waals surface area contributed by atoms with Crippen LogP contribution in [-0.2, 0) is 11.2 Å². The van der Waals surface area contributed by atoms with Crippen LogP contribution in [0.1, 0.15) is 12.0 Å². The molecule has 1 aromatic rings. The Morgan fingerprint density at radius 1 is 1.41 bits per heavy atom. The van der Waals surface area contributed by atoms with Crippen LogP contribution in [0.2, 0.25) is 0 Å². The standard InChI is InChI=1S/C9H10BNO6/c12-9(13)4-2-6-1-3-7(10(14)15)5-8(6)11(16)17/h1,3,5,14-15H,2,4H2,(H,12,13). The third-order valence-corrected chi connectivity index (χ3v) is 2.21. The minimum Gasteiger partial charge on any atom is -0.481 e. The third kappa shape index (κ3) is 3.54. The smallest absolute Gasteiger partial charge is 0.481 e. The molecule has 0 atom stereocenters. The Morgan fingerprint density at radius 3 is 2.53 bits per heavy atom. The molecule has 1 aromatic carbocycles. The molecule has 0 aliphatic heterocycles. The van der Waals surface area contributed by atoms with Gasteiger partial charge in [-0.25, -0.2) is 0 Å². The quantitative estimate of drug-likeness (QED) is 0.354. The maximum Gasteiger partial charge on any atom is 0.488 e. The van der Waals surface area contributed by atoms with E-state index in [0.717, 1.165) is 6.07 Å². The highest BCUT2D eigenvalue weighted by molar-refractivity contribution is 6.58. The first-order valence-corrected chi connectivity index (χ1v) is 4.77. The summed E-state index contributed by atoms with van der Waals surface area (Å²) in [5.41, 5.74) is -0.0607. The summed E-state index contributed by atoms with van der Waals surface area (Å²) in [4.78, 5) is 20.4. The van der Waals surface area contributed by atoms with Crippen molar-refractivity contribution in [1.82, 2.24) is 0 Å². The van der Waals surface area contributed by atoms with E-state index in [1.165, 1.54) is 12.1 Å².